The average molecular weight is 266 g/mol. The van der Waals surface area contributed by atoms with Crippen molar-refractivity contribution in [3.8, 4) is 22.3 Å². The second kappa shape index (κ2) is 5.25. The zero-order valence-electron chi connectivity index (χ0n) is 10.7. The first kappa shape index (κ1) is 12.5. The Hall–Kier alpha value is -2.48. The molecule has 0 saturated carbocycles. The fourth-order valence-electron chi connectivity index (χ4n) is 2.19. The second-order valence-electron chi connectivity index (χ2n) is 4.57. The van der Waals surface area contributed by atoms with Crippen molar-refractivity contribution < 1.29 is 8.78 Å². The highest BCUT2D eigenvalue weighted by atomic mass is 19.1. The van der Waals surface area contributed by atoms with Crippen LogP contribution >= 0.6 is 0 Å². The predicted octanol–water partition coefficient (Wildman–Crippen LogP) is 5.30. The lowest BCUT2D eigenvalue weighted by atomic mass is 10.00. The molecule has 98 valence electrons. The maximum absolute atomic E-state index is 14.2. The molecule has 0 atom stereocenters. The molecule has 0 aliphatic carbocycles. The van der Waals surface area contributed by atoms with Gasteiger partial charge in [0.2, 0.25) is 0 Å². The SMILES string of the molecule is Fc1ccc(-c2ccc(-c3ccccc3)c(F)c2)cc1. The predicted molar refractivity (Wildman–Crippen MR) is 77.2 cm³/mol. The van der Waals surface area contributed by atoms with E-state index < -0.39 is 0 Å². The fourth-order valence-corrected chi connectivity index (χ4v) is 2.19. The smallest absolute Gasteiger partial charge is 0.131 e. The molecule has 3 aromatic rings. The first-order valence-electron chi connectivity index (χ1n) is 6.35. The second-order valence-corrected chi connectivity index (χ2v) is 4.57. The Labute approximate surface area is 116 Å². The molecule has 0 bridgehead atoms. The van der Waals surface area contributed by atoms with Crippen molar-refractivity contribution in [2.75, 3.05) is 0 Å². The summed E-state index contributed by atoms with van der Waals surface area (Å²) in [6.07, 6.45) is 0. The summed E-state index contributed by atoms with van der Waals surface area (Å²) in [4.78, 5) is 0. The van der Waals surface area contributed by atoms with Crippen LogP contribution in [0.15, 0.2) is 72.8 Å². The van der Waals surface area contributed by atoms with Gasteiger partial charge in [-0.1, -0.05) is 54.6 Å². The summed E-state index contributed by atoms with van der Waals surface area (Å²) in [6, 6.07) is 20.5. The van der Waals surface area contributed by atoms with Crippen LogP contribution < -0.4 is 0 Å². The van der Waals surface area contributed by atoms with E-state index in [2.05, 4.69) is 0 Å². The first-order chi connectivity index (χ1) is 9.74. The van der Waals surface area contributed by atoms with Crippen LogP contribution in [0.3, 0.4) is 0 Å². The molecule has 0 spiro atoms. The summed E-state index contributed by atoms with van der Waals surface area (Å²) < 4.78 is 27.1. The molecule has 0 N–H and O–H groups in total. The van der Waals surface area contributed by atoms with Crippen LogP contribution in [-0.2, 0) is 0 Å². The summed E-state index contributed by atoms with van der Waals surface area (Å²) in [6.45, 7) is 0. The zero-order valence-corrected chi connectivity index (χ0v) is 10.7. The summed E-state index contributed by atoms with van der Waals surface area (Å²) >= 11 is 0. The molecule has 0 aromatic heterocycles. The van der Waals surface area contributed by atoms with Gasteiger partial charge in [0.25, 0.3) is 0 Å². The van der Waals surface area contributed by atoms with E-state index in [1.165, 1.54) is 18.2 Å². The summed E-state index contributed by atoms with van der Waals surface area (Å²) in [5.74, 6) is -0.576. The lowest BCUT2D eigenvalue weighted by Crippen LogP contribution is -1.86. The standard InChI is InChI=1S/C18H12F2/c19-16-9-6-13(7-10-16)15-8-11-17(18(20)12-15)14-4-2-1-3-5-14/h1-12H. The summed E-state index contributed by atoms with van der Waals surface area (Å²) in [5.41, 5.74) is 2.94. The minimum absolute atomic E-state index is 0.280. The number of hydrogen-bond donors (Lipinski definition) is 0. The highest BCUT2D eigenvalue weighted by molar-refractivity contribution is 5.70. The summed E-state index contributed by atoms with van der Waals surface area (Å²) in [5, 5.41) is 0. The normalized spacial score (nSPS) is 10.5. The molecule has 0 radical (unpaired) electrons. The molecule has 20 heavy (non-hydrogen) atoms. The monoisotopic (exact) mass is 266 g/mol. The minimum atomic E-state index is -0.296. The number of benzene rings is 3. The Morgan fingerprint density at radius 3 is 1.85 bits per heavy atom. The fraction of sp³-hybridized carbons (Fsp3) is 0. The van der Waals surface area contributed by atoms with Crippen LogP contribution in [0.4, 0.5) is 8.78 Å². The Morgan fingerprint density at radius 2 is 1.20 bits per heavy atom. The maximum Gasteiger partial charge on any atom is 0.131 e. The highest BCUT2D eigenvalue weighted by Crippen LogP contribution is 2.27. The molecule has 0 unspecified atom stereocenters. The van der Waals surface area contributed by atoms with Crippen molar-refractivity contribution in [1.82, 2.24) is 0 Å². The van der Waals surface area contributed by atoms with Crippen molar-refractivity contribution in [2.24, 2.45) is 0 Å². The van der Waals surface area contributed by atoms with Gasteiger partial charge in [-0.2, -0.15) is 0 Å². The molecule has 0 fully saturated rings. The van der Waals surface area contributed by atoms with Gasteiger partial charge in [0.1, 0.15) is 11.6 Å². The van der Waals surface area contributed by atoms with Crippen molar-refractivity contribution in [1.29, 1.82) is 0 Å². The summed E-state index contributed by atoms with van der Waals surface area (Å²) in [7, 11) is 0. The average Bonchev–Trinajstić information content (AvgIpc) is 2.49. The van der Waals surface area contributed by atoms with Crippen LogP contribution in [0, 0.1) is 11.6 Å². The maximum atomic E-state index is 14.2. The van der Waals surface area contributed by atoms with Crippen molar-refractivity contribution in [3.63, 3.8) is 0 Å². The largest absolute Gasteiger partial charge is 0.207 e. The lowest BCUT2D eigenvalue weighted by Gasteiger charge is -2.07. The Kier molecular flexibility index (Phi) is 3.30. The Bertz CT molecular complexity index is 716. The third-order valence-corrected chi connectivity index (χ3v) is 3.23. The molecule has 3 rings (SSSR count). The highest BCUT2D eigenvalue weighted by Gasteiger charge is 2.07. The molecular weight excluding hydrogens is 254 g/mol. The van der Waals surface area contributed by atoms with E-state index in [1.807, 2.05) is 36.4 Å². The first-order valence-corrected chi connectivity index (χ1v) is 6.35. The van der Waals surface area contributed by atoms with E-state index in [1.54, 1.807) is 18.2 Å². The molecule has 0 amide bonds. The molecule has 0 saturated heterocycles. The van der Waals surface area contributed by atoms with Gasteiger partial charge in [-0.15, -0.1) is 0 Å². The van der Waals surface area contributed by atoms with Crippen LogP contribution in [0.5, 0.6) is 0 Å². The minimum Gasteiger partial charge on any atom is -0.207 e. The van der Waals surface area contributed by atoms with Gasteiger partial charge in [0, 0.05) is 5.56 Å². The van der Waals surface area contributed by atoms with E-state index in [0.717, 1.165) is 16.7 Å². The number of rotatable bonds is 2. The molecule has 2 heteroatoms. The van der Waals surface area contributed by atoms with E-state index in [4.69, 9.17) is 0 Å². The van der Waals surface area contributed by atoms with E-state index in [9.17, 15) is 8.78 Å². The van der Waals surface area contributed by atoms with Crippen molar-refractivity contribution >= 4 is 0 Å². The molecule has 3 aromatic carbocycles. The van der Waals surface area contributed by atoms with Gasteiger partial charge < -0.3 is 0 Å². The molecule has 0 nitrogen and oxygen atoms in total. The Morgan fingerprint density at radius 1 is 0.550 bits per heavy atom. The zero-order chi connectivity index (χ0) is 13.9. The van der Waals surface area contributed by atoms with Gasteiger partial charge >= 0.3 is 0 Å². The van der Waals surface area contributed by atoms with Crippen LogP contribution in [0.2, 0.25) is 0 Å². The molecule has 0 aliphatic rings. The van der Waals surface area contributed by atoms with Gasteiger partial charge in [0.15, 0.2) is 0 Å². The van der Waals surface area contributed by atoms with Gasteiger partial charge in [-0.05, 0) is 34.9 Å². The van der Waals surface area contributed by atoms with Gasteiger partial charge in [-0.3, -0.25) is 0 Å². The van der Waals surface area contributed by atoms with Crippen LogP contribution in [-0.4, -0.2) is 0 Å². The van der Waals surface area contributed by atoms with E-state index in [0.29, 0.717) is 5.56 Å². The lowest BCUT2D eigenvalue weighted by molar-refractivity contribution is 0.628. The van der Waals surface area contributed by atoms with Crippen LogP contribution in [0.25, 0.3) is 22.3 Å². The van der Waals surface area contributed by atoms with Gasteiger partial charge in [0.05, 0.1) is 0 Å². The van der Waals surface area contributed by atoms with Gasteiger partial charge in [-0.25, -0.2) is 8.78 Å². The molecule has 0 aliphatic heterocycles. The van der Waals surface area contributed by atoms with Crippen LogP contribution in [0.1, 0.15) is 0 Å². The third-order valence-electron chi connectivity index (χ3n) is 3.23. The molecular formula is C18H12F2. The van der Waals surface area contributed by atoms with E-state index >= 15 is 0 Å². The number of hydrogen-bond acceptors (Lipinski definition) is 0. The number of halogens is 2. The topological polar surface area (TPSA) is 0 Å². The molecule has 0 heterocycles. The van der Waals surface area contributed by atoms with E-state index in [-0.39, 0.29) is 11.6 Å². The van der Waals surface area contributed by atoms with Crippen molar-refractivity contribution in [3.05, 3.63) is 84.4 Å². The Balaban J connectivity index is 2.01. The third kappa shape index (κ3) is 2.45. The quantitative estimate of drug-likeness (QED) is 0.590. The van der Waals surface area contributed by atoms with Crippen molar-refractivity contribution in [2.45, 2.75) is 0 Å².